The predicted molar refractivity (Wildman–Crippen MR) is 84.0 cm³/mol. The number of likely N-dealkylation sites (N-methyl/N-ethyl adjacent to an activating group) is 1. The van der Waals surface area contributed by atoms with E-state index in [1.807, 2.05) is 0 Å². The van der Waals surface area contributed by atoms with E-state index in [1.54, 1.807) is 18.0 Å². The molecule has 8 heteroatoms. The molecule has 0 N–H and O–H groups in total. The summed E-state index contributed by atoms with van der Waals surface area (Å²) >= 11 is 0. The molecule has 1 fully saturated rings. The van der Waals surface area contributed by atoms with E-state index in [0.717, 1.165) is 6.42 Å². The quantitative estimate of drug-likeness (QED) is 0.699. The molecule has 0 heterocycles. The van der Waals surface area contributed by atoms with Crippen molar-refractivity contribution < 1.29 is 32.2 Å². The van der Waals surface area contributed by atoms with E-state index in [2.05, 4.69) is 4.74 Å². The zero-order chi connectivity index (χ0) is 18.7. The molecule has 0 radical (unpaired) electrons. The molecule has 1 aliphatic carbocycles. The second-order valence-corrected chi connectivity index (χ2v) is 6.12. The fourth-order valence-electron chi connectivity index (χ4n) is 3.24. The first-order chi connectivity index (χ1) is 11.7. The van der Waals surface area contributed by atoms with Crippen LogP contribution >= 0.6 is 0 Å². The first-order valence-corrected chi connectivity index (χ1v) is 7.89. The normalized spacial score (nSPS) is 17.7. The van der Waals surface area contributed by atoms with Crippen LogP contribution in [0.1, 0.15) is 24.8 Å². The molecule has 5 nitrogen and oxygen atoms in total. The van der Waals surface area contributed by atoms with Gasteiger partial charge in [-0.2, -0.15) is 0 Å². The summed E-state index contributed by atoms with van der Waals surface area (Å²) in [5, 5.41) is 0. The third-order valence-corrected chi connectivity index (χ3v) is 4.59. The first-order valence-electron chi connectivity index (χ1n) is 7.89. The van der Waals surface area contributed by atoms with Gasteiger partial charge in [0.1, 0.15) is 11.8 Å². The highest BCUT2D eigenvalue weighted by Gasteiger charge is 2.50. The number of benzene rings is 1. The van der Waals surface area contributed by atoms with Crippen LogP contribution in [-0.4, -0.2) is 50.1 Å². The van der Waals surface area contributed by atoms with E-state index in [1.165, 1.54) is 32.4 Å². The maximum Gasteiger partial charge on any atom is 0.573 e. The lowest BCUT2D eigenvalue weighted by Crippen LogP contribution is -2.60. The van der Waals surface area contributed by atoms with Crippen molar-refractivity contribution in [2.24, 2.45) is 0 Å². The van der Waals surface area contributed by atoms with E-state index in [9.17, 15) is 18.0 Å². The molecule has 1 aliphatic rings. The van der Waals surface area contributed by atoms with Gasteiger partial charge in [0, 0.05) is 19.2 Å². The number of esters is 1. The molecular formula is C17H22F3NO4. The third kappa shape index (κ3) is 4.43. The Hall–Kier alpha value is -1.80. The van der Waals surface area contributed by atoms with Gasteiger partial charge in [-0.15, -0.1) is 13.2 Å². The van der Waals surface area contributed by atoms with Crippen molar-refractivity contribution in [3.05, 3.63) is 29.8 Å². The number of hydrogen-bond acceptors (Lipinski definition) is 5. The number of carbonyl (C=O) groups is 1. The molecule has 1 atom stereocenters. The van der Waals surface area contributed by atoms with Crippen LogP contribution in [0.2, 0.25) is 0 Å². The largest absolute Gasteiger partial charge is 0.573 e. The van der Waals surface area contributed by atoms with Crippen LogP contribution in [0.3, 0.4) is 0 Å². The summed E-state index contributed by atoms with van der Waals surface area (Å²) in [4.78, 5) is 13.9. The first kappa shape index (κ1) is 19.5. The van der Waals surface area contributed by atoms with Gasteiger partial charge in [-0.25, -0.2) is 0 Å². The average Bonchev–Trinajstić information content (AvgIpc) is 2.50. The van der Waals surface area contributed by atoms with Gasteiger partial charge in [-0.1, -0.05) is 18.2 Å². The highest BCUT2D eigenvalue weighted by atomic mass is 19.4. The van der Waals surface area contributed by atoms with Crippen LogP contribution in [0.5, 0.6) is 5.75 Å². The highest BCUT2D eigenvalue weighted by Crippen LogP contribution is 2.41. The van der Waals surface area contributed by atoms with Crippen molar-refractivity contribution in [1.29, 1.82) is 0 Å². The molecule has 1 aromatic carbocycles. The summed E-state index contributed by atoms with van der Waals surface area (Å²) < 4.78 is 52.3. The van der Waals surface area contributed by atoms with Crippen LogP contribution in [0.25, 0.3) is 0 Å². The van der Waals surface area contributed by atoms with Gasteiger partial charge in [0.15, 0.2) is 0 Å². The summed E-state index contributed by atoms with van der Waals surface area (Å²) in [6.07, 6.45) is -2.48. The zero-order valence-electron chi connectivity index (χ0n) is 14.4. The number of para-hydroxylation sites is 1. The van der Waals surface area contributed by atoms with Crippen molar-refractivity contribution in [2.75, 3.05) is 21.3 Å². The second-order valence-electron chi connectivity index (χ2n) is 6.12. The molecule has 0 aliphatic heterocycles. The molecule has 0 aromatic heterocycles. The van der Waals surface area contributed by atoms with Crippen molar-refractivity contribution in [1.82, 2.24) is 4.90 Å². The van der Waals surface area contributed by atoms with Gasteiger partial charge in [0.2, 0.25) is 0 Å². The van der Waals surface area contributed by atoms with E-state index in [4.69, 9.17) is 9.47 Å². The highest BCUT2D eigenvalue weighted by molar-refractivity contribution is 5.77. The SMILES string of the molecule is COC(=O)[C@H](N(C)Cc1ccccc1OC(F)(F)F)C1(OC)CCC1. The van der Waals surface area contributed by atoms with Gasteiger partial charge in [-0.05, 0) is 32.4 Å². The maximum atomic E-state index is 12.6. The number of methoxy groups -OCH3 is 2. The lowest BCUT2D eigenvalue weighted by Gasteiger charge is -2.48. The van der Waals surface area contributed by atoms with E-state index in [-0.39, 0.29) is 12.3 Å². The van der Waals surface area contributed by atoms with Crippen LogP contribution < -0.4 is 4.74 Å². The number of alkyl halides is 3. The summed E-state index contributed by atoms with van der Waals surface area (Å²) in [6, 6.07) is 5.15. The summed E-state index contributed by atoms with van der Waals surface area (Å²) in [6.45, 7) is 0.0805. The van der Waals surface area contributed by atoms with Gasteiger partial charge in [0.25, 0.3) is 0 Å². The van der Waals surface area contributed by atoms with Gasteiger partial charge in [-0.3, -0.25) is 9.69 Å². The molecule has 1 saturated carbocycles. The molecule has 25 heavy (non-hydrogen) atoms. The minimum absolute atomic E-state index is 0.0805. The van der Waals surface area contributed by atoms with Gasteiger partial charge in [0.05, 0.1) is 12.7 Å². The van der Waals surface area contributed by atoms with Crippen LogP contribution in [-0.2, 0) is 20.8 Å². The van der Waals surface area contributed by atoms with Crippen LogP contribution in [0, 0.1) is 0 Å². The molecule has 0 saturated heterocycles. The third-order valence-electron chi connectivity index (χ3n) is 4.59. The molecular weight excluding hydrogens is 339 g/mol. The summed E-state index contributed by atoms with van der Waals surface area (Å²) in [5.74, 6) is -0.760. The Bertz CT molecular complexity index is 596. The lowest BCUT2D eigenvalue weighted by molar-refractivity contribution is -0.275. The van der Waals surface area contributed by atoms with Crippen LogP contribution in [0.4, 0.5) is 13.2 Å². The molecule has 2 rings (SSSR count). The zero-order valence-corrected chi connectivity index (χ0v) is 14.4. The number of rotatable bonds is 7. The average molecular weight is 361 g/mol. The van der Waals surface area contributed by atoms with E-state index < -0.39 is 24.0 Å². The Labute approximate surface area is 144 Å². The smallest absolute Gasteiger partial charge is 0.468 e. The van der Waals surface area contributed by atoms with Gasteiger partial charge >= 0.3 is 12.3 Å². The number of ether oxygens (including phenoxy) is 3. The van der Waals surface area contributed by atoms with Crippen molar-refractivity contribution in [3.8, 4) is 5.75 Å². The standard InChI is InChI=1S/C17H22F3NO4/c1-21(14(15(22)23-2)16(24-3)9-6-10-16)11-12-7-4-5-8-13(12)25-17(18,19)20/h4-5,7-8,14H,6,9-11H2,1-3H3/t14-/m0/s1. The van der Waals surface area contributed by atoms with E-state index >= 15 is 0 Å². The Morgan fingerprint density at radius 1 is 1.28 bits per heavy atom. The maximum absolute atomic E-state index is 12.6. The van der Waals surface area contributed by atoms with E-state index in [0.29, 0.717) is 18.4 Å². The summed E-state index contributed by atoms with van der Waals surface area (Å²) in [7, 11) is 4.47. The minimum atomic E-state index is -4.78. The monoisotopic (exact) mass is 361 g/mol. The number of carbonyl (C=O) groups excluding carboxylic acids is 1. The minimum Gasteiger partial charge on any atom is -0.468 e. The fourth-order valence-corrected chi connectivity index (χ4v) is 3.24. The Kier molecular flexibility index (Phi) is 5.95. The second kappa shape index (κ2) is 7.61. The predicted octanol–water partition coefficient (Wildman–Crippen LogP) is 3.13. The molecule has 0 amide bonds. The number of halogens is 3. The molecule has 0 bridgehead atoms. The summed E-state index contributed by atoms with van der Waals surface area (Å²) in [5.41, 5.74) is -0.358. The topological polar surface area (TPSA) is 48.0 Å². The van der Waals surface area contributed by atoms with Crippen molar-refractivity contribution in [2.45, 2.75) is 43.8 Å². The van der Waals surface area contributed by atoms with Gasteiger partial charge < -0.3 is 14.2 Å². The molecule has 0 spiro atoms. The number of nitrogens with zero attached hydrogens (tertiary/aromatic N) is 1. The Morgan fingerprint density at radius 3 is 2.40 bits per heavy atom. The molecule has 0 unspecified atom stereocenters. The van der Waals surface area contributed by atoms with Crippen molar-refractivity contribution in [3.63, 3.8) is 0 Å². The van der Waals surface area contributed by atoms with Crippen molar-refractivity contribution >= 4 is 5.97 Å². The Balaban J connectivity index is 2.24. The molecule has 140 valence electrons. The Morgan fingerprint density at radius 2 is 1.92 bits per heavy atom. The van der Waals surface area contributed by atoms with Crippen LogP contribution in [0.15, 0.2) is 24.3 Å². The lowest BCUT2D eigenvalue weighted by atomic mass is 9.73. The number of hydrogen-bond donors (Lipinski definition) is 0. The molecule has 1 aromatic rings. The fraction of sp³-hybridized carbons (Fsp3) is 0.588.